The van der Waals surface area contributed by atoms with E-state index in [1.807, 2.05) is 6.92 Å². The molecule has 0 fully saturated rings. The number of hydrogen-bond donors (Lipinski definition) is 1. The number of aromatic nitrogens is 4. The Labute approximate surface area is 122 Å². The van der Waals surface area contributed by atoms with Crippen LogP contribution in [0.3, 0.4) is 0 Å². The van der Waals surface area contributed by atoms with Gasteiger partial charge in [0.05, 0.1) is 19.2 Å². The lowest BCUT2D eigenvalue weighted by atomic mass is 10.1. The van der Waals surface area contributed by atoms with Gasteiger partial charge in [0.25, 0.3) is 5.56 Å². The number of carbonyl (C=O) groups excluding carboxylic acids is 1. The lowest BCUT2D eigenvalue weighted by Gasteiger charge is -2.06. The Morgan fingerprint density at radius 1 is 1.24 bits per heavy atom. The molecule has 0 spiro atoms. The molecule has 0 unspecified atom stereocenters. The Kier molecular flexibility index (Phi) is 3.93. The summed E-state index contributed by atoms with van der Waals surface area (Å²) in [6.07, 6.45) is 0.142. The summed E-state index contributed by atoms with van der Waals surface area (Å²) < 4.78 is 6.23. The maximum Gasteiger partial charge on any atom is 0.310 e. The zero-order valence-electron chi connectivity index (χ0n) is 12.8. The molecule has 0 aliphatic rings. The van der Waals surface area contributed by atoms with Crippen LogP contribution < -0.4 is 5.56 Å². The predicted molar refractivity (Wildman–Crippen MR) is 76.6 cm³/mol. The standard InChI is InChI=1S/C14H18N4O3/c1-7-8(2)15-14(16-13(7)20)18-10(4)11(9(3)17-18)6-12(19)21-5/h6H2,1-5H3,(H,15,16,20). The van der Waals surface area contributed by atoms with Crippen LogP contribution in [0.4, 0.5) is 0 Å². The van der Waals surface area contributed by atoms with E-state index in [0.717, 1.165) is 11.3 Å². The van der Waals surface area contributed by atoms with E-state index in [0.29, 0.717) is 22.9 Å². The number of hydrogen-bond acceptors (Lipinski definition) is 5. The molecule has 0 saturated carbocycles. The van der Waals surface area contributed by atoms with Crippen LogP contribution in [0, 0.1) is 27.7 Å². The average Bonchev–Trinajstić information content (AvgIpc) is 2.72. The van der Waals surface area contributed by atoms with Gasteiger partial charge in [0, 0.05) is 22.5 Å². The van der Waals surface area contributed by atoms with Gasteiger partial charge in [-0.15, -0.1) is 0 Å². The van der Waals surface area contributed by atoms with Crippen molar-refractivity contribution < 1.29 is 9.53 Å². The van der Waals surface area contributed by atoms with Crippen molar-refractivity contribution in [3.8, 4) is 5.95 Å². The Morgan fingerprint density at radius 3 is 2.48 bits per heavy atom. The summed E-state index contributed by atoms with van der Waals surface area (Å²) in [4.78, 5) is 30.3. The zero-order valence-corrected chi connectivity index (χ0v) is 12.8. The molecule has 0 aromatic carbocycles. The number of H-pyrrole nitrogens is 1. The van der Waals surface area contributed by atoms with Crippen molar-refractivity contribution in [2.24, 2.45) is 0 Å². The van der Waals surface area contributed by atoms with Crippen molar-refractivity contribution in [2.45, 2.75) is 34.1 Å². The van der Waals surface area contributed by atoms with Gasteiger partial charge in [-0.1, -0.05) is 0 Å². The molecule has 2 aromatic heterocycles. The van der Waals surface area contributed by atoms with Crippen molar-refractivity contribution in [1.29, 1.82) is 0 Å². The van der Waals surface area contributed by atoms with Crippen molar-refractivity contribution in [2.75, 3.05) is 7.11 Å². The lowest BCUT2D eigenvalue weighted by Crippen LogP contribution is -2.18. The number of nitrogens with zero attached hydrogens (tertiary/aromatic N) is 3. The first-order valence-corrected chi connectivity index (χ1v) is 6.55. The maximum atomic E-state index is 11.9. The molecule has 0 saturated heterocycles. The number of carbonyl (C=O) groups is 1. The second-order valence-corrected chi connectivity index (χ2v) is 4.91. The largest absolute Gasteiger partial charge is 0.469 e. The van der Waals surface area contributed by atoms with Crippen LogP contribution in [0.25, 0.3) is 5.95 Å². The van der Waals surface area contributed by atoms with Gasteiger partial charge in [0.15, 0.2) is 0 Å². The minimum atomic E-state index is -0.331. The van der Waals surface area contributed by atoms with Gasteiger partial charge in [-0.25, -0.2) is 9.67 Å². The highest BCUT2D eigenvalue weighted by Gasteiger charge is 2.17. The van der Waals surface area contributed by atoms with Crippen LogP contribution in [0.1, 0.15) is 28.2 Å². The van der Waals surface area contributed by atoms with Crippen LogP contribution in [0.15, 0.2) is 4.79 Å². The smallest absolute Gasteiger partial charge is 0.310 e. The van der Waals surface area contributed by atoms with E-state index < -0.39 is 0 Å². The number of ether oxygens (including phenoxy) is 1. The Hall–Kier alpha value is -2.44. The van der Waals surface area contributed by atoms with E-state index >= 15 is 0 Å². The van der Waals surface area contributed by atoms with Crippen molar-refractivity contribution in [1.82, 2.24) is 19.7 Å². The predicted octanol–water partition coefficient (Wildman–Crippen LogP) is 0.905. The normalized spacial score (nSPS) is 10.7. The van der Waals surface area contributed by atoms with Crippen LogP contribution in [0.5, 0.6) is 0 Å². The fourth-order valence-electron chi connectivity index (χ4n) is 2.08. The number of rotatable bonds is 3. The Balaban J connectivity index is 2.54. The lowest BCUT2D eigenvalue weighted by molar-refractivity contribution is -0.139. The zero-order chi connectivity index (χ0) is 15.7. The molecule has 21 heavy (non-hydrogen) atoms. The fourth-order valence-corrected chi connectivity index (χ4v) is 2.08. The summed E-state index contributed by atoms with van der Waals surface area (Å²) in [6, 6.07) is 0. The summed E-state index contributed by atoms with van der Waals surface area (Å²) in [5.41, 5.74) is 3.27. The van der Waals surface area contributed by atoms with Gasteiger partial charge in [-0.05, 0) is 27.7 Å². The molecule has 0 aliphatic heterocycles. The molecular weight excluding hydrogens is 272 g/mol. The molecule has 2 aromatic rings. The van der Waals surface area contributed by atoms with E-state index in [4.69, 9.17) is 0 Å². The highest BCUT2D eigenvalue weighted by Crippen LogP contribution is 2.16. The monoisotopic (exact) mass is 290 g/mol. The van der Waals surface area contributed by atoms with E-state index in [1.54, 1.807) is 25.5 Å². The van der Waals surface area contributed by atoms with Crippen LogP contribution in [-0.4, -0.2) is 32.8 Å². The number of nitrogens with one attached hydrogen (secondary N) is 1. The second-order valence-electron chi connectivity index (χ2n) is 4.91. The summed E-state index contributed by atoms with van der Waals surface area (Å²) >= 11 is 0. The Bertz CT molecular complexity index is 758. The quantitative estimate of drug-likeness (QED) is 0.848. The molecule has 0 bridgehead atoms. The number of aryl methyl sites for hydroxylation is 2. The molecule has 0 radical (unpaired) electrons. The topological polar surface area (TPSA) is 89.9 Å². The fraction of sp³-hybridized carbons (Fsp3) is 0.429. The second kappa shape index (κ2) is 5.51. The van der Waals surface area contributed by atoms with Gasteiger partial charge in [-0.2, -0.15) is 5.10 Å². The van der Waals surface area contributed by atoms with E-state index in [-0.39, 0.29) is 17.9 Å². The molecule has 2 rings (SSSR count). The first-order valence-electron chi connectivity index (χ1n) is 6.55. The van der Waals surface area contributed by atoms with Gasteiger partial charge in [0.2, 0.25) is 5.95 Å². The van der Waals surface area contributed by atoms with Crippen molar-refractivity contribution >= 4 is 5.97 Å². The van der Waals surface area contributed by atoms with Gasteiger partial charge >= 0.3 is 5.97 Å². The first-order chi connectivity index (χ1) is 9.85. The van der Waals surface area contributed by atoms with Crippen molar-refractivity contribution in [3.63, 3.8) is 0 Å². The van der Waals surface area contributed by atoms with E-state index in [1.165, 1.54) is 7.11 Å². The minimum absolute atomic E-state index is 0.142. The average molecular weight is 290 g/mol. The van der Waals surface area contributed by atoms with E-state index in [2.05, 4.69) is 19.8 Å². The van der Waals surface area contributed by atoms with Gasteiger partial charge < -0.3 is 4.74 Å². The SMILES string of the molecule is COC(=O)Cc1c(C)nn(-c2nc(C)c(C)c(=O)[nH]2)c1C. The highest BCUT2D eigenvalue weighted by atomic mass is 16.5. The van der Waals surface area contributed by atoms with Crippen LogP contribution in [-0.2, 0) is 16.0 Å². The van der Waals surface area contributed by atoms with Crippen molar-refractivity contribution in [3.05, 3.63) is 38.6 Å². The molecular formula is C14H18N4O3. The molecule has 7 heteroatoms. The van der Waals surface area contributed by atoms with Crippen LogP contribution in [0.2, 0.25) is 0 Å². The van der Waals surface area contributed by atoms with Gasteiger partial charge in [0.1, 0.15) is 0 Å². The molecule has 0 aliphatic carbocycles. The third kappa shape index (κ3) is 2.72. The number of aromatic amines is 1. The third-order valence-corrected chi connectivity index (χ3v) is 3.57. The minimum Gasteiger partial charge on any atom is -0.469 e. The van der Waals surface area contributed by atoms with Gasteiger partial charge in [-0.3, -0.25) is 14.6 Å². The summed E-state index contributed by atoms with van der Waals surface area (Å²) in [6.45, 7) is 7.12. The molecule has 0 amide bonds. The molecule has 0 atom stereocenters. The molecule has 112 valence electrons. The molecule has 7 nitrogen and oxygen atoms in total. The molecule has 2 heterocycles. The maximum absolute atomic E-state index is 11.9. The summed E-state index contributed by atoms with van der Waals surface area (Å²) in [5.74, 6) is 0.0158. The molecule has 1 N–H and O–H groups in total. The van der Waals surface area contributed by atoms with E-state index in [9.17, 15) is 9.59 Å². The Morgan fingerprint density at radius 2 is 1.90 bits per heavy atom. The number of esters is 1. The summed E-state index contributed by atoms with van der Waals surface area (Å²) in [7, 11) is 1.35. The van der Waals surface area contributed by atoms with Crippen LogP contribution >= 0.6 is 0 Å². The highest BCUT2D eigenvalue weighted by molar-refractivity contribution is 5.73. The number of methoxy groups -OCH3 is 1. The third-order valence-electron chi connectivity index (χ3n) is 3.57. The first kappa shape index (κ1) is 15.0. The summed E-state index contributed by atoms with van der Waals surface area (Å²) in [5, 5.41) is 4.36.